The molecule has 0 radical (unpaired) electrons. The van der Waals surface area contributed by atoms with E-state index in [0.29, 0.717) is 17.9 Å². The number of amides is 2. The first-order valence-electron chi connectivity index (χ1n) is 6.32. The van der Waals surface area contributed by atoms with Crippen LogP contribution in [0.3, 0.4) is 0 Å². The molecule has 2 N–H and O–H groups in total. The second-order valence-corrected chi connectivity index (χ2v) is 4.48. The van der Waals surface area contributed by atoms with E-state index in [4.69, 9.17) is 9.84 Å². The van der Waals surface area contributed by atoms with Gasteiger partial charge in [0.15, 0.2) is 0 Å². The molecule has 1 atom stereocenters. The summed E-state index contributed by atoms with van der Waals surface area (Å²) in [5.74, 6) is -0.317. The third-order valence-electron chi connectivity index (χ3n) is 3.13. The van der Waals surface area contributed by atoms with Gasteiger partial charge >= 0.3 is 12.0 Å². The summed E-state index contributed by atoms with van der Waals surface area (Å²) in [7, 11) is 3.04. The molecule has 1 aromatic rings. The summed E-state index contributed by atoms with van der Waals surface area (Å²) in [6, 6.07) is 3.96. The zero-order valence-corrected chi connectivity index (χ0v) is 12.1. The molecule has 6 heteroatoms. The Bertz CT molecular complexity index is 502. The average molecular weight is 280 g/mol. The molecule has 0 heterocycles. The lowest BCUT2D eigenvalue weighted by Gasteiger charge is -2.24. The Balaban J connectivity index is 2.82. The molecular formula is C14H20N2O4. The summed E-state index contributed by atoms with van der Waals surface area (Å²) < 4.78 is 5.09. The zero-order valence-electron chi connectivity index (χ0n) is 12.1. The number of ether oxygens (including phenoxy) is 1. The Kier molecular flexibility index (Phi) is 5.37. The average Bonchev–Trinajstić information content (AvgIpc) is 2.41. The summed E-state index contributed by atoms with van der Waals surface area (Å²) in [4.78, 5) is 24.3. The number of methoxy groups -OCH3 is 1. The van der Waals surface area contributed by atoms with Crippen LogP contribution in [0.2, 0.25) is 0 Å². The molecule has 2 amide bonds. The normalized spacial score (nSPS) is 11.6. The molecule has 0 spiro atoms. The molecule has 0 aliphatic rings. The van der Waals surface area contributed by atoms with Gasteiger partial charge in [-0.1, -0.05) is 6.92 Å². The monoisotopic (exact) mass is 280 g/mol. The molecule has 6 nitrogen and oxygen atoms in total. The first-order chi connectivity index (χ1) is 9.40. The number of carbonyl (C=O) groups is 2. The molecule has 1 rings (SSSR count). The third-order valence-corrected chi connectivity index (χ3v) is 3.13. The maximum absolute atomic E-state index is 12.0. The van der Waals surface area contributed by atoms with Crippen molar-refractivity contribution in [2.24, 2.45) is 0 Å². The first-order valence-corrected chi connectivity index (χ1v) is 6.32. The number of urea groups is 1. The van der Waals surface area contributed by atoms with Gasteiger partial charge in [-0.25, -0.2) is 9.59 Å². The quantitative estimate of drug-likeness (QED) is 0.867. The SMILES string of the molecule is CCC(C(=O)O)N(C)C(=O)Nc1ccc(OC)cc1C. The van der Waals surface area contributed by atoms with E-state index in [1.807, 2.05) is 6.92 Å². The number of aliphatic carboxylic acids is 1. The van der Waals surface area contributed by atoms with Crippen molar-refractivity contribution in [1.82, 2.24) is 4.90 Å². The van der Waals surface area contributed by atoms with E-state index in [0.717, 1.165) is 5.56 Å². The molecular weight excluding hydrogens is 260 g/mol. The maximum atomic E-state index is 12.0. The molecule has 0 aliphatic carbocycles. The number of carboxylic acids is 1. The Hall–Kier alpha value is -2.24. The highest BCUT2D eigenvalue weighted by atomic mass is 16.5. The standard InChI is InChI=1S/C14H20N2O4/c1-5-12(13(17)18)16(3)14(19)15-11-7-6-10(20-4)8-9(11)2/h6-8,12H,5H2,1-4H3,(H,15,19)(H,17,18). The van der Waals surface area contributed by atoms with Crippen molar-refractivity contribution in [3.05, 3.63) is 23.8 Å². The molecule has 0 bridgehead atoms. The van der Waals surface area contributed by atoms with Crippen LogP contribution < -0.4 is 10.1 Å². The van der Waals surface area contributed by atoms with Crippen molar-refractivity contribution < 1.29 is 19.4 Å². The maximum Gasteiger partial charge on any atom is 0.326 e. The zero-order chi connectivity index (χ0) is 15.3. The Morgan fingerprint density at radius 2 is 2.10 bits per heavy atom. The van der Waals surface area contributed by atoms with Crippen molar-refractivity contribution in [2.75, 3.05) is 19.5 Å². The minimum absolute atomic E-state index is 0.348. The predicted octanol–water partition coefficient (Wildman–Crippen LogP) is 2.33. The van der Waals surface area contributed by atoms with Crippen molar-refractivity contribution in [3.63, 3.8) is 0 Å². The summed E-state index contributed by atoms with van der Waals surface area (Å²) in [6.07, 6.45) is 0.348. The number of rotatable bonds is 5. The van der Waals surface area contributed by atoms with Gasteiger partial charge in [-0.3, -0.25) is 0 Å². The van der Waals surface area contributed by atoms with E-state index in [-0.39, 0.29) is 0 Å². The number of anilines is 1. The molecule has 110 valence electrons. The van der Waals surface area contributed by atoms with Crippen LogP contribution in [0, 0.1) is 6.92 Å². The van der Waals surface area contributed by atoms with Crippen LogP contribution in [0.1, 0.15) is 18.9 Å². The first kappa shape index (κ1) is 15.8. The van der Waals surface area contributed by atoms with Crippen molar-refractivity contribution >= 4 is 17.7 Å². The van der Waals surface area contributed by atoms with E-state index < -0.39 is 18.0 Å². The highest BCUT2D eigenvalue weighted by molar-refractivity contribution is 5.92. The molecule has 1 unspecified atom stereocenters. The number of carboxylic acid groups (broad SMARTS) is 1. The van der Waals surface area contributed by atoms with E-state index in [9.17, 15) is 9.59 Å². The third kappa shape index (κ3) is 3.63. The second kappa shape index (κ2) is 6.79. The summed E-state index contributed by atoms with van der Waals surface area (Å²) in [5, 5.41) is 11.7. The van der Waals surface area contributed by atoms with Gasteiger partial charge in [0.05, 0.1) is 7.11 Å². The fourth-order valence-corrected chi connectivity index (χ4v) is 1.86. The van der Waals surface area contributed by atoms with Gasteiger partial charge in [-0.05, 0) is 37.1 Å². The van der Waals surface area contributed by atoms with Gasteiger partial charge in [0, 0.05) is 12.7 Å². The lowest BCUT2D eigenvalue weighted by atomic mass is 10.2. The molecule has 0 aliphatic heterocycles. The van der Waals surface area contributed by atoms with Crippen molar-refractivity contribution in [1.29, 1.82) is 0 Å². The van der Waals surface area contributed by atoms with Crippen LogP contribution in [0.5, 0.6) is 5.75 Å². The smallest absolute Gasteiger partial charge is 0.326 e. The lowest BCUT2D eigenvalue weighted by molar-refractivity contribution is -0.141. The summed E-state index contributed by atoms with van der Waals surface area (Å²) in [5.41, 5.74) is 1.47. The molecule has 0 fully saturated rings. The molecule has 0 saturated carbocycles. The number of likely N-dealkylation sites (N-methyl/N-ethyl adjacent to an activating group) is 1. The van der Waals surface area contributed by atoms with E-state index in [1.165, 1.54) is 11.9 Å². The fraction of sp³-hybridized carbons (Fsp3) is 0.429. The Labute approximate surface area is 118 Å². The Morgan fingerprint density at radius 3 is 2.55 bits per heavy atom. The number of aryl methyl sites for hydroxylation is 1. The minimum Gasteiger partial charge on any atom is -0.497 e. The van der Waals surface area contributed by atoms with Crippen LogP contribution >= 0.6 is 0 Å². The van der Waals surface area contributed by atoms with E-state index in [1.54, 1.807) is 32.2 Å². The van der Waals surface area contributed by atoms with E-state index in [2.05, 4.69) is 5.32 Å². The second-order valence-electron chi connectivity index (χ2n) is 4.48. The van der Waals surface area contributed by atoms with E-state index >= 15 is 0 Å². The van der Waals surface area contributed by atoms with Gasteiger partial charge in [0.1, 0.15) is 11.8 Å². The minimum atomic E-state index is -1.02. The fourth-order valence-electron chi connectivity index (χ4n) is 1.86. The highest BCUT2D eigenvalue weighted by Crippen LogP contribution is 2.21. The van der Waals surface area contributed by atoms with Crippen molar-refractivity contribution in [3.8, 4) is 5.75 Å². The van der Waals surface area contributed by atoms with Crippen molar-refractivity contribution in [2.45, 2.75) is 26.3 Å². The highest BCUT2D eigenvalue weighted by Gasteiger charge is 2.24. The van der Waals surface area contributed by atoms with Crippen LogP contribution in [-0.4, -0.2) is 42.2 Å². The molecule has 20 heavy (non-hydrogen) atoms. The van der Waals surface area contributed by atoms with Crippen LogP contribution in [0.4, 0.5) is 10.5 Å². The van der Waals surface area contributed by atoms with Gasteiger partial charge in [0.25, 0.3) is 0 Å². The van der Waals surface area contributed by atoms with Crippen LogP contribution in [-0.2, 0) is 4.79 Å². The number of carbonyl (C=O) groups excluding carboxylic acids is 1. The number of benzene rings is 1. The lowest BCUT2D eigenvalue weighted by Crippen LogP contribution is -2.44. The van der Waals surface area contributed by atoms with Gasteiger partial charge in [-0.2, -0.15) is 0 Å². The molecule has 1 aromatic carbocycles. The molecule has 0 aromatic heterocycles. The number of nitrogens with zero attached hydrogens (tertiary/aromatic N) is 1. The van der Waals surface area contributed by atoms with Gasteiger partial charge in [0.2, 0.25) is 0 Å². The van der Waals surface area contributed by atoms with Crippen LogP contribution in [0.15, 0.2) is 18.2 Å². The number of hydrogen-bond acceptors (Lipinski definition) is 3. The largest absolute Gasteiger partial charge is 0.497 e. The number of nitrogens with one attached hydrogen (secondary N) is 1. The Morgan fingerprint density at radius 1 is 1.45 bits per heavy atom. The number of hydrogen-bond donors (Lipinski definition) is 2. The predicted molar refractivity (Wildman–Crippen MR) is 76.2 cm³/mol. The topological polar surface area (TPSA) is 78.9 Å². The summed E-state index contributed by atoms with van der Waals surface area (Å²) >= 11 is 0. The van der Waals surface area contributed by atoms with Gasteiger partial charge < -0.3 is 20.1 Å². The molecule has 0 saturated heterocycles. The van der Waals surface area contributed by atoms with Gasteiger partial charge in [-0.15, -0.1) is 0 Å². The summed E-state index contributed by atoms with van der Waals surface area (Å²) in [6.45, 7) is 3.56. The van der Waals surface area contributed by atoms with Crippen LogP contribution in [0.25, 0.3) is 0 Å².